The van der Waals surface area contributed by atoms with E-state index in [1.807, 2.05) is 24.0 Å². The number of rotatable bonds is 7. The third-order valence-electron chi connectivity index (χ3n) is 3.69. The van der Waals surface area contributed by atoms with E-state index in [2.05, 4.69) is 70.7 Å². The van der Waals surface area contributed by atoms with Crippen LogP contribution in [0.3, 0.4) is 0 Å². The predicted molar refractivity (Wildman–Crippen MR) is 152 cm³/mol. The Morgan fingerprint density at radius 2 is 1.14 bits per heavy atom. The van der Waals surface area contributed by atoms with Gasteiger partial charge in [0.2, 0.25) is 0 Å². The summed E-state index contributed by atoms with van der Waals surface area (Å²) in [5.74, 6) is 0.896. The minimum absolute atomic E-state index is 0. The monoisotopic (exact) mass is 662 g/mol. The summed E-state index contributed by atoms with van der Waals surface area (Å²) in [4.78, 5) is 31.8. The van der Waals surface area contributed by atoms with Crippen molar-refractivity contribution in [2.24, 2.45) is 0 Å². The molecular weight excluding hydrogens is 614 g/mol. The van der Waals surface area contributed by atoms with Gasteiger partial charge in [0.15, 0.2) is 11.6 Å². The van der Waals surface area contributed by atoms with E-state index in [4.69, 9.17) is 0 Å². The molecule has 0 fully saturated rings. The Hall–Kier alpha value is -0.392. The molecule has 206 valence electrons. The summed E-state index contributed by atoms with van der Waals surface area (Å²) in [5, 5.41) is 2.89. The molecule has 37 heavy (non-hydrogen) atoms. The van der Waals surface area contributed by atoms with Crippen LogP contribution in [0.1, 0.15) is 80.8 Å². The molecule has 2 rings (SSSR count). The zero-order chi connectivity index (χ0) is 27.6. The zero-order valence-corrected chi connectivity index (χ0v) is 30.0. The third kappa shape index (κ3) is 28.4. The Labute approximate surface area is 278 Å². The summed E-state index contributed by atoms with van der Waals surface area (Å²) in [5.41, 5.74) is 2.23. The first-order valence-electron chi connectivity index (χ1n) is 12.2. The van der Waals surface area contributed by atoms with Crippen LogP contribution in [-0.4, -0.2) is 47.7 Å². The van der Waals surface area contributed by atoms with Crippen LogP contribution in [0.2, 0.25) is 0 Å². The van der Waals surface area contributed by atoms with Crippen molar-refractivity contribution in [3.63, 3.8) is 0 Å². The van der Waals surface area contributed by atoms with Gasteiger partial charge in [0.25, 0.3) is 0 Å². The quantitative estimate of drug-likeness (QED) is 0.273. The summed E-state index contributed by atoms with van der Waals surface area (Å²) in [7, 11) is 0. The van der Waals surface area contributed by atoms with Crippen molar-refractivity contribution in [2.75, 3.05) is 31.1 Å². The van der Waals surface area contributed by atoms with Crippen LogP contribution in [0.25, 0.3) is 0 Å². The Morgan fingerprint density at radius 1 is 0.757 bits per heavy atom. The minimum Gasteiger partial charge on any atom is -0.417 e. The van der Waals surface area contributed by atoms with Gasteiger partial charge in [-0.15, -0.1) is 26.2 Å². The molecule has 6 nitrogen and oxygen atoms in total. The Morgan fingerprint density at radius 3 is 1.35 bits per heavy atom. The van der Waals surface area contributed by atoms with Crippen LogP contribution in [0.5, 0.6) is 0 Å². The molecule has 1 N–H and O–H groups in total. The minimum atomic E-state index is 0. The number of hydrogen-bond acceptors (Lipinski definition) is 6. The van der Waals surface area contributed by atoms with Gasteiger partial charge in [-0.25, -0.2) is 4.98 Å². The second-order valence-electron chi connectivity index (χ2n) is 7.36. The molecule has 0 saturated heterocycles. The molecule has 0 aliphatic carbocycles. The van der Waals surface area contributed by atoms with E-state index in [1.165, 1.54) is 26.7 Å². The maximum absolute atomic E-state index is 11.0. The number of carbonyl (C=O) groups is 2. The number of anilines is 1. The van der Waals surface area contributed by atoms with E-state index in [9.17, 15) is 9.59 Å². The standard InChI is InChI=1S/C11H14N2O.C8H9NO.C4H9N.2C3H8.2Y/c1-4-13(5-2)11-7-6-10(8-12-11)9(3)14;1-6-3-4-8(5-9-6)7(2)10;1-3-5-4-2;2*1-3-2;;/h6-8H,1-2,4-5H2,3H3;3-5H,1-2H3;5H,1-4H2;2*3H2,1-2H3;;/q-2;;-2;;;;. The average molecular weight is 663 g/mol. The van der Waals surface area contributed by atoms with Gasteiger partial charge in [0.1, 0.15) is 5.82 Å². The number of aryl methyl sites for hydroxylation is 1. The van der Waals surface area contributed by atoms with Crippen LogP contribution >= 0.6 is 0 Å². The number of pyridine rings is 2. The number of carbonyl (C=O) groups excluding carboxylic acids is 2. The normalized spacial score (nSPS) is 8.41. The van der Waals surface area contributed by atoms with Crippen molar-refractivity contribution >= 4 is 17.4 Å². The molecule has 2 aromatic heterocycles. The molecule has 0 aliphatic rings. The van der Waals surface area contributed by atoms with Gasteiger partial charge in [-0.3, -0.25) is 14.6 Å². The Bertz CT molecular complexity index is 748. The Balaban J connectivity index is -0.000000130. The largest absolute Gasteiger partial charge is 0.417 e. The fourth-order valence-corrected chi connectivity index (χ4v) is 1.92. The second kappa shape index (κ2) is 33.6. The van der Waals surface area contributed by atoms with E-state index >= 15 is 0 Å². The molecule has 0 saturated carbocycles. The Kier molecular flexibility index (Phi) is 42.2. The molecule has 2 radical (unpaired) electrons. The second-order valence-corrected chi connectivity index (χ2v) is 7.36. The number of nitrogens with zero attached hydrogens (tertiary/aromatic N) is 3. The van der Waals surface area contributed by atoms with Gasteiger partial charge in [-0.1, -0.05) is 40.5 Å². The van der Waals surface area contributed by atoms with E-state index in [1.54, 1.807) is 24.5 Å². The summed E-state index contributed by atoms with van der Waals surface area (Å²) in [6, 6.07) is 7.19. The molecule has 8 heteroatoms. The summed E-state index contributed by atoms with van der Waals surface area (Å²) in [6.45, 7) is 30.8. The van der Waals surface area contributed by atoms with Gasteiger partial charge in [-0.2, -0.15) is 0 Å². The first-order chi connectivity index (χ1) is 16.6. The predicted octanol–water partition coefficient (Wildman–Crippen LogP) is 6.42. The summed E-state index contributed by atoms with van der Waals surface area (Å²) in [6.07, 6.45) is 5.67. The van der Waals surface area contributed by atoms with Crippen LogP contribution in [0.15, 0.2) is 36.7 Å². The molecule has 0 bridgehead atoms. The van der Waals surface area contributed by atoms with E-state index in [0.717, 1.165) is 24.6 Å². The van der Waals surface area contributed by atoms with Gasteiger partial charge in [-0.05, 0) is 45.0 Å². The number of hydrogen-bond donors (Lipinski definition) is 1. The average Bonchev–Trinajstić information content (AvgIpc) is 2.83. The first kappa shape index (κ1) is 46.5. The van der Waals surface area contributed by atoms with Crippen LogP contribution in [-0.2, 0) is 65.4 Å². The number of nitrogens with one attached hydrogen (secondary N) is 1. The molecular formula is C29H48N4O2Y2-4. The molecule has 2 heterocycles. The van der Waals surface area contributed by atoms with Gasteiger partial charge in [0, 0.05) is 94.6 Å². The molecule has 0 amide bonds. The van der Waals surface area contributed by atoms with E-state index in [-0.39, 0.29) is 77.0 Å². The smallest absolute Gasteiger partial charge is 0.161 e. The van der Waals surface area contributed by atoms with Crippen molar-refractivity contribution in [3.8, 4) is 0 Å². The van der Waals surface area contributed by atoms with Crippen molar-refractivity contribution in [3.05, 3.63) is 81.2 Å². The molecule has 0 unspecified atom stereocenters. The van der Waals surface area contributed by atoms with E-state index in [0.29, 0.717) is 24.2 Å². The molecule has 0 spiro atoms. The fraction of sp³-hybridized carbons (Fsp3) is 0.448. The zero-order valence-electron chi connectivity index (χ0n) is 24.3. The SMILES string of the molecule is CC(=O)c1ccc(C)nc1.CCC.CCC.[CH2-]CN(C[CH2-])c1ccc(C(C)=O)cn1.[CH2-]CNC[CH2-].[Y].[Y]. The van der Waals surface area contributed by atoms with Gasteiger partial charge >= 0.3 is 0 Å². The van der Waals surface area contributed by atoms with Crippen LogP contribution < -0.4 is 10.2 Å². The van der Waals surface area contributed by atoms with Crippen molar-refractivity contribution < 1.29 is 75.0 Å². The first-order valence-corrected chi connectivity index (χ1v) is 12.2. The number of aromatic nitrogens is 2. The number of Topliss-reactive ketones (excluding diaryl/α,β-unsaturated/α-hetero) is 2. The van der Waals surface area contributed by atoms with Crippen LogP contribution in [0, 0.1) is 34.6 Å². The molecule has 0 aromatic carbocycles. The van der Waals surface area contributed by atoms with E-state index < -0.39 is 0 Å². The van der Waals surface area contributed by atoms with Crippen molar-refractivity contribution in [2.45, 2.75) is 61.3 Å². The topological polar surface area (TPSA) is 75.2 Å². The van der Waals surface area contributed by atoms with Gasteiger partial charge < -0.3 is 37.9 Å². The van der Waals surface area contributed by atoms with Gasteiger partial charge in [0.05, 0.1) is 0 Å². The fourth-order valence-electron chi connectivity index (χ4n) is 1.92. The molecule has 2 aromatic rings. The van der Waals surface area contributed by atoms with Crippen molar-refractivity contribution in [1.82, 2.24) is 15.3 Å². The number of ketones is 2. The summed E-state index contributed by atoms with van der Waals surface area (Å²) >= 11 is 0. The van der Waals surface area contributed by atoms with Crippen molar-refractivity contribution in [1.29, 1.82) is 0 Å². The third-order valence-corrected chi connectivity index (χ3v) is 3.69. The van der Waals surface area contributed by atoms with Crippen LogP contribution in [0.4, 0.5) is 5.82 Å². The maximum atomic E-state index is 11.0. The molecule has 0 aliphatic heterocycles. The molecule has 0 atom stereocenters. The summed E-state index contributed by atoms with van der Waals surface area (Å²) < 4.78 is 0. The maximum Gasteiger partial charge on any atom is 0.161 e.